The van der Waals surface area contributed by atoms with Crippen molar-refractivity contribution in [2.45, 2.75) is 0 Å². The smallest absolute Gasteiger partial charge is 0.144 e. The highest BCUT2D eigenvalue weighted by Gasteiger charge is 2.04. The topological polar surface area (TPSA) is 50.9 Å². The molecule has 1 heterocycles. The number of hydrogen-bond acceptors (Lipinski definition) is 3. The van der Waals surface area contributed by atoms with Crippen molar-refractivity contribution in [1.29, 1.82) is 0 Å². The molecule has 0 aliphatic rings. The first-order valence-electron chi connectivity index (χ1n) is 3.62. The number of hydrogen-bond donors (Lipinski definition) is 1. The van der Waals surface area contributed by atoms with Gasteiger partial charge in [0.1, 0.15) is 17.3 Å². The van der Waals surface area contributed by atoms with E-state index in [1.807, 2.05) is 0 Å². The monoisotopic (exact) mass is 179 g/mol. The zero-order valence-corrected chi connectivity index (χ0v) is 6.55. The minimum absolute atomic E-state index is 0.162. The molecule has 1 aromatic heterocycles. The maximum atomic E-state index is 12.6. The first-order valence-corrected chi connectivity index (χ1v) is 3.62. The van der Waals surface area contributed by atoms with Crippen LogP contribution in [0.1, 0.15) is 0 Å². The number of benzene rings is 1. The molecule has 5 heteroatoms. The van der Waals surface area contributed by atoms with Crippen molar-refractivity contribution in [3.05, 3.63) is 36.4 Å². The zero-order valence-electron chi connectivity index (χ0n) is 6.55. The lowest BCUT2D eigenvalue weighted by Gasteiger charge is -2.02. The van der Waals surface area contributed by atoms with Gasteiger partial charge in [-0.3, -0.25) is 0 Å². The van der Waals surface area contributed by atoms with E-state index >= 15 is 0 Å². The van der Waals surface area contributed by atoms with Gasteiger partial charge < -0.3 is 5.11 Å². The largest absolute Gasteiger partial charge is 0.506 e. The Labute approximate surface area is 73.2 Å². The molecule has 0 fully saturated rings. The van der Waals surface area contributed by atoms with Gasteiger partial charge in [0.05, 0.1) is 12.4 Å². The summed E-state index contributed by atoms with van der Waals surface area (Å²) in [6.07, 6.45) is 3.04. The van der Waals surface area contributed by atoms with Crippen LogP contribution in [0.2, 0.25) is 0 Å². The standard InChI is InChI=1S/C8H6FN3O/c9-6-1-2-7(8(13)5-6)12-4-3-10-11-12/h1-5,13H. The first-order chi connectivity index (χ1) is 6.27. The number of halogens is 1. The Morgan fingerprint density at radius 3 is 2.85 bits per heavy atom. The molecule has 0 aliphatic heterocycles. The van der Waals surface area contributed by atoms with Crippen LogP contribution in [0.3, 0.4) is 0 Å². The average molecular weight is 179 g/mol. The SMILES string of the molecule is Oc1cc(F)ccc1-n1ccnn1. The van der Waals surface area contributed by atoms with Gasteiger partial charge in [-0.05, 0) is 12.1 Å². The van der Waals surface area contributed by atoms with Gasteiger partial charge in [0.15, 0.2) is 0 Å². The van der Waals surface area contributed by atoms with Crippen LogP contribution in [0, 0.1) is 5.82 Å². The fourth-order valence-electron chi connectivity index (χ4n) is 1.03. The van der Waals surface area contributed by atoms with Gasteiger partial charge in [-0.1, -0.05) is 5.21 Å². The minimum atomic E-state index is -0.485. The van der Waals surface area contributed by atoms with Crippen LogP contribution < -0.4 is 0 Å². The van der Waals surface area contributed by atoms with Crippen LogP contribution in [0.15, 0.2) is 30.6 Å². The number of phenols is 1. The summed E-state index contributed by atoms with van der Waals surface area (Å²) < 4.78 is 13.9. The number of nitrogens with zero attached hydrogens (tertiary/aromatic N) is 3. The highest BCUT2D eigenvalue weighted by Crippen LogP contribution is 2.20. The number of aromatic hydroxyl groups is 1. The Bertz CT molecular complexity index is 413. The van der Waals surface area contributed by atoms with Crippen LogP contribution in [0.25, 0.3) is 5.69 Å². The average Bonchev–Trinajstić information content (AvgIpc) is 2.56. The minimum Gasteiger partial charge on any atom is -0.506 e. The Morgan fingerprint density at radius 1 is 1.38 bits per heavy atom. The van der Waals surface area contributed by atoms with Crippen molar-refractivity contribution in [2.75, 3.05) is 0 Å². The summed E-state index contributed by atoms with van der Waals surface area (Å²) in [5.41, 5.74) is 0.402. The lowest BCUT2D eigenvalue weighted by Crippen LogP contribution is -1.95. The fourth-order valence-corrected chi connectivity index (χ4v) is 1.03. The molecule has 0 aliphatic carbocycles. The van der Waals surface area contributed by atoms with Crippen molar-refractivity contribution in [2.24, 2.45) is 0 Å². The molecule has 1 aromatic carbocycles. The number of aromatic nitrogens is 3. The second-order valence-electron chi connectivity index (χ2n) is 2.48. The molecule has 0 spiro atoms. The molecule has 13 heavy (non-hydrogen) atoms. The molecule has 0 amide bonds. The quantitative estimate of drug-likeness (QED) is 0.713. The van der Waals surface area contributed by atoms with E-state index in [0.717, 1.165) is 6.07 Å². The molecular formula is C8H6FN3O. The Balaban J connectivity index is 2.53. The molecule has 4 nitrogen and oxygen atoms in total. The molecule has 0 bridgehead atoms. The predicted octanol–water partition coefficient (Wildman–Crippen LogP) is 1.11. The van der Waals surface area contributed by atoms with Gasteiger partial charge in [-0.25, -0.2) is 9.07 Å². The third kappa shape index (κ3) is 1.35. The summed E-state index contributed by atoms with van der Waals surface area (Å²) in [6, 6.07) is 3.70. The van der Waals surface area contributed by atoms with Gasteiger partial charge in [-0.2, -0.15) is 0 Å². The van der Waals surface area contributed by atoms with E-state index in [-0.39, 0.29) is 5.75 Å². The molecular weight excluding hydrogens is 173 g/mol. The molecule has 0 saturated carbocycles. The number of phenolic OH excluding ortho intramolecular Hbond substituents is 1. The third-order valence-electron chi connectivity index (χ3n) is 1.61. The molecule has 2 aromatic rings. The molecule has 0 unspecified atom stereocenters. The van der Waals surface area contributed by atoms with E-state index in [4.69, 9.17) is 0 Å². The van der Waals surface area contributed by atoms with E-state index in [0.29, 0.717) is 5.69 Å². The van der Waals surface area contributed by atoms with Crippen molar-refractivity contribution < 1.29 is 9.50 Å². The maximum Gasteiger partial charge on any atom is 0.144 e. The third-order valence-corrected chi connectivity index (χ3v) is 1.61. The summed E-state index contributed by atoms with van der Waals surface area (Å²) in [5.74, 6) is -0.646. The highest BCUT2D eigenvalue weighted by atomic mass is 19.1. The van der Waals surface area contributed by atoms with Gasteiger partial charge in [0.25, 0.3) is 0 Å². The van der Waals surface area contributed by atoms with Crippen molar-refractivity contribution in [3.8, 4) is 11.4 Å². The van der Waals surface area contributed by atoms with E-state index < -0.39 is 5.82 Å². The normalized spacial score (nSPS) is 10.2. The second-order valence-corrected chi connectivity index (χ2v) is 2.48. The predicted molar refractivity (Wildman–Crippen MR) is 43.0 cm³/mol. The summed E-state index contributed by atoms with van der Waals surface area (Å²) in [6.45, 7) is 0. The van der Waals surface area contributed by atoms with Gasteiger partial charge in [-0.15, -0.1) is 5.10 Å². The van der Waals surface area contributed by atoms with Gasteiger partial charge in [0, 0.05) is 6.07 Å². The van der Waals surface area contributed by atoms with Crippen LogP contribution >= 0.6 is 0 Å². The van der Waals surface area contributed by atoms with Crippen LogP contribution in [0.5, 0.6) is 5.75 Å². The lowest BCUT2D eigenvalue weighted by atomic mass is 10.3. The molecule has 66 valence electrons. The first kappa shape index (κ1) is 7.72. The second kappa shape index (κ2) is 2.85. The molecule has 2 rings (SSSR count). The van der Waals surface area contributed by atoms with Crippen molar-refractivity contribution in [3.63, 3.8) is 0 Å². The van der Waals surface area contributed by atoms with Crippen LogP contribution in [-0.4, -0.2) is 20.1 Å². The fraction of sp³-hybridized carbons (Fsp3) is 0. The Morgan fingerprint density at radius 2 is 2.23 bits per heavy atom. The Kier molecular flexibility index (Phi) is 1.70. The molecule has 0 radical (unpaired) electrons. The summed E-state index contributed by atoms with van der Waals surface area (Å²) in [4.78, 5) is 0. The van der Waals surface area contributed by atoms with Crippen molar-refractivity contribution in [1.82, 2.24) is 15.0 Å². The molecule has 1 N–H and O–H groups in total. The summed E-state index contributed by atoms with van der Waals surface area (Å²) in [5, 5.41) is 16.6. The Hall–Kier alpha value is -1.91. The van der Waals surface area contributed by atoms with E-state index in [1.165, 1.54) is 23.0 Å². The van der Waals surface area contributed by atoms with Crippen molar-refractivity contribution >= 4 is 0 Å². The lowest BCUT2D eigenvalue weighted by molar-refractivity contribution is 0.463. The van der Waals surface area contributed by atoms with E-state index in [9.17, 15) is 9.50 Å². The maximum absolute atomic E-state index is 12.6. The van der Waals surface area contributed by atoms with Crippen LogP contribution in [-0.2, 0) is 0 Å². The highest BCUT2D eigenvalue weighted by molar-refractivity contribution is 5.44. The molecule has 0 atom stereocenters. The number of rotatable bonds is 1. The summed E-state index contributed by atoms with van der Waals surface area (Å²) >= 11 is 0. The summed E-state index contributed by atoms with van der Waals surface area (Å²) in [7, 11) is 0. The van der Waals surface area contributed by atoms with Gasteiger partial charge >= 0.3 is 0 Å². The van der Waals surface area contributed by atoms with E-state index in [1.54, 1.807) is 6.20 Å². The molecule has 0 saturated heterocycles. The van der Waals surface area contributed by atoms with Gasteiger partial charge in [0.2, 0.25) is 0 Å². The van der Waals surface area contributed by atoms with Crippen LogP contribution in [0.4, 0.5) is 4.39 Å². The van der Waals surface area contributed by atoms with E-state index in [2.05, 4.69) is 10.3 Å². The zero-order chi connectivity index (χ0) is 9.26.